The number of benzene rings is 2. The number of fused-ring (bicyclic) bond motifs is 1. The molecule has 0 fully saturated rings. The second-order valence-corrected chi connectivity index (χ2v) is 6.29. The van der Waals surface area contributed by atoms with Gasteiger partial charge < -0.3 is 4.74 Å². The van der Waals surface area contributed by atoms with E-state index in [-0.39, 0.29) is 5.92 Å². The average Bonchev–Trinajstić information content (AvgIpc) is 2.72. The van der Waals surface area contributed by atoms with Gasteiger partial charge in [-0.2, -0.15) is 0 Å². The monoisotopic (exact) mass is 312 g/mol. The fourth-order valence-corrected chi connectivity index (χ4v) is 3.84. The van der Waals surface area contributed by atoms with Crippen LogP contribution in [0.15, 0.2) is 61.2 Å². The predicted octanol–water partition coefficient (Wildman–Crippen LogP) is 5.49. The first-order chi connectivity index (χ1) is 10.7. The van der Waals surface area contributed by atoms with Crippen LogP contribution in [0.2, 0.25) is 5.02 Å². The van der Waals surface area contributed by atoms with Crippen LogP contribution in [-0.4, -0.2) is 7.11 Å². The van der Waals surface area contributed by atoms with Crippen LogP contribution in [0.5, 0.6) is 0 Å². The fraction of sp³-hybridized carbons (Fsp3) is 0.300. The summed E-state index contributed by atoms with van der Waals surface area (Å²) in [6.45, 7) is 4.11. The topological polar surface area (TPSA) is 9.23 Å². The third kappa shape index (κ3) is 2.49. The molecule has 1 aliphatic carbocycles. The van der Waals surface area contributed by atoms with E-state index in [2.05, 4.69) is 43.0 Å². The molecule has 0 aliphatic heterocycles. The Morgan fingerprint density at radius 1 is 1.18 bits per heavy atom. The number of rotatable bonds is 3. The van der Waals surface area contributed by atoms with Crippen molar-refractivity contribution in [2.75, 3.05) is 7.11 Å². The summed E-state index contributed by atoms with van der Waals surface area (Å²) < 4.78 is 6.08. The standard InChI is InChI=1S/C20H21ClO/c1-3-20(22-2)18-9-5-4-7-15(18)8-6-10-19(20)16-11-13-17(21)14-12-16/h3-5,7,9,11-14,19H,1,6,8,10H2,2H3/t19-,20-/m1/s1. The highest BCUT2D eigenvalue weighted by Gasteiger charge is 2.41. The first-order valence-corrected chi connectivity index (χ1v) is 8.11. The Bertz CT molecular complexity index is 662. The second-order valence-electron chi connectivity index (χ2n) is 5.85. The number of halogens is 1. The number of hydrogen-bond donors (Lipinski definition) is 0. The van der Waals surface area contributed by atoms with Gasteiger partial charge in [-0.15, -0.1) is 0 Å². The summed E-state index contributed by atoms with van der Waals surface area (Å²) in [5.41, 5.74) is 3.37. The van der Waals surface area contributed by atoms with Gasteiger partial charge >= 0.3 is 0 Å². The molecule has 2 atom stereocenters. The average molecular weight is 313 g/mol. The molecule has 2 aromatic rings. The van der Waals surface area contributed by atoms with Crippen molar-refractivity contribution in [1.82, 2.24) is 0 Å². The van der Waals surface area contributed by atoms with Crippen LogP contribution in [0.25, 0.3) is 0 Å². The third-order valence-corrected chi connectivity index (χ3v) is 5.06. The summed E-state index contributed by atoms with van der Waals surface area (Å²) >= 11 is 6.05. The Balaban J connectivity index is 2.17. The quantitative estimate of drug-likeness (QED) is 0.538. The molecule has 3 rings (SSSR count). The molecule has 0 spiro atoms. The molecule has 0 saturated carbocycles. The van der Waals surface area contributed by atoms with Gasteiger partial charge in [0, 0.05) is 18.1 Å². The maximum Gasteiger partial charge on any atom is 0.118 e. The minimum atomic E-state index is -0.485. The first-order valence-electron chi connectivity index (χ1n) is 7.74. The maximum absolute atomic E-state index is 6.08. The molecule has 0 aromatic heterocycles. The van der Waals surface area contributed by atoms with Crippen molar-refractivity contribution in [2.24, 2.45) is 0 Å². The van der Waals surface area contributed by atoms with Gasteiger partial charge in [-0.25, -0.2) is 0 Å². The van der Waals surface area contributed by atoms with Crippen LogP contribution in [0.3, 0.4) is 0 Å². The Morgan fingerprint density at radius 2 is 1.91 bits per heavy atom. The van der Waals surface area contributed by atoms with Gasteiger partial charge in [0.1, 0.15) is 5.60 Å². The van der Waals surface area contributed by atoms with E-state index >= 15 is 0 Å². The van der Waals surface area contributed by atoms with Gasteiger partial charge in [-0.05, 0) is 48.1 Å². The molecule has 0 unspecified atom stereocenters. The molecule has 0 bridgehead atoms. The summed E-state index contributed by atoms with van der Waals surface area (Å²) in [6, 6.07) is 16.7. The van der Waals surface area contributed by atoms with E-state index < -0.39 is 5.60 Å². The lowest BCUT2D eigenvalue weighted by Crippen LogP contribution is -2.33. The summed E-state index contributed by atoms with van der Waals surface area (Å²) in [4.78, 5) is 0. The molecular weight excluding hydrogens is 292 g/mol. The number of methoxy groups -OCH3 is 1. The molecular formula is C20H21ClO. The van der Waals surface area contributed by atoms with Gasteiger partial charge in [-0.3, -0.25) is 0 Å². The third-order valence-electron chi connectivity index (χ3n) is 4.81. The maximum atomic E-state index is 6.08. The van der Waals surface area contributed by atoms with Crippen LogP contribution < -0.4 is 0 Å². The lowest BCUT2D eigenvalue weighted by Gasteiger charge is -2.37. The van der Waals surface area contributed by atoms with Crippen LogP contribution in [0.1, 0.15) is 35.4 Å². The molecule has 1 nitrogen and oxygen atoms in total. The highest BCUT2D eigenvalue weighted by atomic mass is 35.5. The largest absolute Gasteiger partial charge is 0.369 e. The van der Waals surface area contributed by atoms with Crippen LogP contribution in [0.4, 0.5) is 0 Å². The Kier molecular flexibility index (Phi) is 4.37. The van der Waals surface area contributed by atoms with E-state index in [9.17, 15) is 0 Å². The number of aryl methyl sites for hydroxylation is 1. The zero-order valence-corrected chi connectivity index (χ0v) is 13.6. The van der Waals surface area contributed by atoms with Crippen molar-refractivity contribution >= 4 is 11.6 Å². The van der Waals surface area contributed by atoms with E-state index in [1.165, 1.54) is 16.7 Å². The van der Waals surface area contributed by atoms with Crippen LogP contribution in [-0.2, 0) is 16.8 Å². The Hall–Kier alpha value is -1.57. The van der Waals surface area contributed by atoms with Gasteiger partial charge in [0.05, 0.1) is 0 Å². The molecule has 0 N–H and O–H groups in total. The zero-order valence-electron chi connectivity index (χ0n) is 12.9. The second kappa shape index (κ2) is 6.28. The zero-order chi connectivity index (χ0) is 15.6. The molecule has 0 heterocycles. The summed E-state index contributed by atoms with van der Waals surface area (Å²) in [5, 5.41) is 0.763. The lowest BCUT2D eigenvalue weighted by molar-refractivity contribution is 0.00333. The SMILES string of the molecule is C=C[C@@]1(OC)c2ccccc2CCC[C@@H]1c1ccc(Cl)cc1. The minimum Gasteiger partial charge on any atom is -0.369 e. The minimum absolute atomic E-state index is 0.246. The van der Waals surface area contributed by atoms with Crippen molar-refractivity contribution in [3.63, 3.8) is 0 Å². The molecule has 114 valence electrons. The highest BCUT2D eigenvalue weighted by Crippen LogP contribution is 2.47. The Labute approximate surface area is 137 Å². The molecule has 22 heavy (non-hydrogen) atoms. The van der Waals surface area contributed by atoms with Gasteiger partial charge in [0.15, 0.2) is 0 Å². The summed E-state index contributed by atoms with van der Waals surface area (Å²) in [5.74, 6) is 0.246. The first kappa shape index (κ1) is 15.3. The van der Waals surface area contributed by atoms with Crippen molar-refractivity contribution in [2.45, 2.75) is 30.8 Å². The van der Waals surface area contributed by atoms with E-state index in [0.717, 1.165) is 24.3 Å². The molecule has 0 saturated heterocycles. The van der Waals surface area contributed by atoms with Crippen molar-refractivity contribution in [1.29, 1.82) is 0 Å². The molecule has 2 heteroatoms. The smallest absolute Gasteiger partial charge is 0.118 e. The van der Waals surface area contributed by atoms with Gasteiger partial charge in [0.25, 0.3) is 0 Å². The molecule has 0 radical (unpaired) electrons. The van der Waals surface area contributed by atoms with Crippen molar-refractivity contribution in [3.05, 3.63) is 82.9 Å². The van der Waals surface area contributed by atoms with E-state index in [1.54, 1.807) is 7.11 Å². The number of hydrogen-bond acceptors (Lipinski definition) is 1. The lowest BCUT2D eigenvalue weighted by atomic mass is 9.75. The van der Waals surface area contributed by atoms with E-state index in [1.807, 2.05) is 18.2 Å². The van der Waals surface area contributed by atoms with Crippen LogP contribution in [0, 0.1) is 0 Å². The van der Waals surface area contributed by atoms with E-state index in [4.69, 9.17) is 16.3 Å². The number of ether oxygens (including phenoxy) is 1. The molecule has 1 aliphatic rings. The highest BCUT2D eigenvalue weighted by molar-refractivity contribution is 6.30. The Morgan fingerprint density at radius 3 is 2.59 bits per heavy atom. The summed E-state index contributed by atoms with van der Waals surface area (Å²) in [6.07, 6.45) is 5.26. The van der Waals surface area contributed by atoms with Gasteiger partial charge in [0.2, 0.25) is 0 Å². The van der Waals surface area contributed by atoms with E-state index in [0.29, 0.717) is 0 Å². The van der Waals surface area contributed by atoms with Gasteiger partial charge in [-0.1, -0.05) is 60.7 Å². The normalized spacial score (nSPS) is 24.4. The van der Waals surface area contributed by atoms with Crippen LogP contribution >= 0.6 is 11.6 Å². The fourth-order valence-electron chi connectivity index (χ4n) is 3.72. The molecule has 2 aromatic carbocycles. The molecule has 0 amide bonds. The summed E-state index contributed by atoms with van der Waals surface area (Å²) in [7, 11) is 1.78. The predicted molar refractivity (Wildman–Crippen MR) is 92.5 cm³/mol. The van der Waals surface area contributed by atoms with Crippen molar-refractivity contribution < 1.29 is 4.74 Å². The van der Waals surface area contributed by atoms with Crippen molar-refractivity contribution in [3.8, 4) is 0 Å².